The van der Waals surface area contributed by atoms with E-state index in [-0.39, 0.29) is 23.6 Å². The van der Waals surface area contributed by atoms with Gasteiger partial charge in [0.15, 0.2) is 0 Å². The molecule has 0 radical (unpaired) electrons. The molecule has 0 fully saturated rings. The number of nitrogens with one attached hydrogen (secondary N) is 1. The van der Waals surface area contributed by atoms with Crippen LogP contribution in [0.3, 0.4) is 0 Å². The molecule has 0 aromatic heterocycles. The van der Waals surface area contributed by atoms with Crippen molar-refractivity contribution >= 4 is 30.1 Å². The minimum absolute atomic E-state index is 0. The van der Waals surface area contributed by atoms with Crippen LogP contribution in [-0.2, 0) is 4.79 Å². The molecule has 0 aliphatic heterocycles. The fraction of sp³-hybridized carbons (Fsp3) is 0.800. The van der Waals surface area contributed by atoms with Crippen molar-refractivity contribution in [1.29, 1.82) is 0 Å². The number of amides is 1. The van der Waals surface area contributed by atoms with Gasteiger partial charge < -0.3 is 5.73 Å². The largest absolute Gasteiger partial charge is 0.330 e. The lowest BCUT2D eigenvalue weighted by Crippen LogP contribution is -2.31. The number of hydrogen-bond acceptors (Lipinski definition) is 4. The van der Waals surface area contributed by atoms with Crippen LogP contribution in [0.25, 0.3) is 0 Å². The summed E-state index contributed by atoms with van der Waals surface area (Å²) in [6.07, 6.45) is 2.39. The number of carbonyl (C=O) groups is 1. The van der Waals surface area contributed by atoms with Gasteiger partial charge in [0.2, 0.25) is 0 Å². The van der Waals surface area contributed by atoms with Gasteiger partial charge in [-0.1, -0.05) is 0 Å². The van der Waals surface area contributed by atoms with Gasteiger partial charge in [-0.2, -0.15) is 11.8 Å². The molecule has 0 bridgehead atoms. The second-order valence-electron chi connectivity index (χ2n) is 1.78. The van der Waals surface area contributed by atoms with Gasteiger partial charge in [-0.15, -0.1) is 12.4 Å². The van der Waals surface area contributed by atoms with Crippen molar-refractivity contribution in [3.63, 3.8) is 0 Å². The first-order chi connectivity index (χ1) is 4.76. The first-order valence-corrected chi connectivity index (χ1v) is 4.21. The van der Waals surface area contributed by atoms with Crippen molar-refractivity contribution in [2.45, 2.75) is 11.7 Å². The van der Waals surface area contributed by atoms with Crippen LogP contribution in [0, 0.1) is 0 Å². The number of halogens is 1. The van der Waals surface area contributed by atoms with E-state index in [2.05, 4.69) is 0 Å². The molecule has 0 aromatic carbocycles. The normalized spacial score (nSPS) is 11.5. The predicted molar refractivity (Wildman–Crippen MR) is 48.2 cm³/mol. The summed E-state index contributed by atoms with van der Waals surface area (Å²) in [4.78, 5) is 10.7. The van der Waals surface area contributed by atoms with E-state index < -0.39 is 0 Å². The molecule has 0 rings (SSSR count). The summed E-state index contributed by atoms with van der Waals surface area (Å²) in [7, 11) is 0. The summed E-state index contributed by atoms with van der Waals surface area (Å²) < 4.78 is 0. The monoisotopic (exact) mass is 200 g/mol. The number of hydrogen-bond donors (Lipinski definition) is 3. The molecule has 1 amide bonds. The van der Waals surface area contributed by atoms with Crippen molar-refractivity contribution in [1.82, 2.24) is 5.48 Å². The summed E-state index contributed by atoms with van der Waals surface area (Å²) in [6, 6.07) is 0. The molecule has 1 atom stereocenters. The van der Waals surface area contributed by atoms with Crippen LogP contribution in [0.15, 0.2) is 0 Å². The minimum Gasteiger partial charge on any atom is -0.330 e. The molecule has 68 valence electrons. The highest BCUT2D eigenvalue weighted by molar-refractivity contribution is 7.99. The Morgan fingerprint density at radius 1 is 1.82 bits per heavy atom. The topological polar surface area (TPSA) is 75.4 Å². The van der Waals surface area contributed by atoms with Gasteiger partial charge in [0.25, 0.3) is 5.91 Å². The van der Waals surface area contributed by atoms with Crippen molar-refractivity contribution in [2.24, 2.45) is 5.73 Å². The van der Waals surface area contributed by atoms with Crippen LogP contribution in [0.4, 0.5) is 0 Å². The maximum atomic E-state index is 10.7. The van der Waals surface area contributed by atoms with Gasteiger partial charge in [0.1, 0.15) is 0 Å². The standard InChI is InChI=1S/C5H12N2O2S.ClH/c1-10-4(2-3-6)5(8)7-9;/h4,9H,2-3,6H2,1H3,(H,7,8);1H. The van der Waals surface area contributed by atoms with Crippen LogP contribution >= 0.6 is 24.2 Å². The van der Waals surface area contributed by atoms with Crippen LogP contribution in [0.5, 0.6) is 0 Å². The van der Waals surface area contributed by atoms with Gasteiger partial charge in [0.05, 0.1) is 5.25 Å². The average Bonchev–Trinajstić information content (AvgIpc) is 1.99. The molecule has 0 aromatic rings. The summed E-state index contributed by atoms with van der Waals surface area (Å²) >= 11 is 1.38. The maximum Gasteiger partial charge on any atom is 0.256 e. The van der Waals surface area contributed by atoms with E-state index >= 15 is 0 Å². The molecular formula is C5H13ClN2O2S. The van der Waals surface area contributed by atoms with E-state index in [1.807, 2.05) is 0 Å². The fourth-order valence-corrected chi connectivity index (χ4v) is 1.22. The average molecular weight is 201 g/mol. The Kier molecular flexibility index (Phi) is 10.1. The highest BCUT2D eigenvalue weighted by Crippen LogP contribution is 2.09. The highest BCUT2D eigenvalue weighted by Gasteiger charge is 2.14. The molecule has 0 saturated carbocycles. The SMILES string of the molecule is CSC(CCN)C(=O)NO.Cl. The van der Waals surface area contributed by atoms with Crippen LogP contribution < -0.4 is 11.2 Å². The zero-order chi connectivity index (χ0) is 7.98. The maximum absolute atomic E-state index is 10.7. The zero-order valence-corrected chi connectivity index (χ0v) is 7.87. The lowest BCUT2D eigenvalue weighted by atomic mass is 10.3. The van der Waals surface area contributed by atoms with Gasteiger partial charge in [-0.25, -0.2) is 5.48 Å². The summed E-state index contributed by atoms with van der Waals surface area (Å²) in [5.41, 5.74) is 6.81. The third-order valence-electron chi connectivity index (χ3n) is 1.12. The Morgan fingerprint density at radius 3 is 2.64 bits per heavy atom. The summed E-state index contributed by atoms with van der Waals surface area (Å²) in [5.74, 6) is -0.377. The quantitative estimate of drug-likeness (QED) is 0.441. The van der Waals surface area contributed by atoms with Crippen molar-refractivity contribution in [3.05, 3.63) is 0 Å². The van der Waals surface area contributed by atoms with Crippen LogP contribution in [-0.4, -0.2) is 29.2 Å². The third kappa shape index (κ3) is 5.32. The Bertz CT molecular complexity index is 115. The highest BCUT2D eigenvalue weighted by atomic mass is 35.5. The molecule has 4 nitrogen and oxygen atoms in total. The number of carbonyl (C=O) groups excluding carboxylic acids is 1. The van der Waals surface area contributed by atoms with E-state index in [0.717, 1.165) is 0 Å². The fourth-order valence-electron chi connectivity index (χ4n) is 0.579. The van der Waals surface area contributed by atoms with Crippen LogP contribution in [0.1, 0.15) is 6.42 Å². The number of thioether (sulfide) groups is 1. The van der Waals surface area contributed by atoms with E-state index in [1.165, 1.54) is 11.8 Å². The Hall–Kier alpha value is 0.0300. The first kappa shape index (κ1) is 13.6. The zero-order valence-electron chi connectivity index (χ0n) is 6.24. The molecule has 0 saturated heterocycles. The van der Waals surface area contributed by atoms with Crippen molar-refractivity contribution in [2.75, 3.05) is 12.8 Å². The van der Waals surface area contributed by atoms with Gasteiger partial charge in [0, 0.05) is 0 Å². The van der Waals surface area contributed by atoms with E-state index in [0.29, 0.717) is 13.0 Å². The summed E-state index contributed by atoms with van der Waals surface area (Å²) in [5, 5.41) is 7.98. The lowest BCUT2D eigenvalue weighted by molar-refractivity contribution is -0.128. The molecule has 0 aliphatic rings. The van der Waals surface area contributed by atoms with E-state index in [9.17, 15) is 4.79 Å². The number of nitrogens with two attached hydrogens (primary N) is 1. The molecule has 1 unspecified atom stereocenters. The van der Waals surface area contributed by atoms with Crippen LogP contribution in [0.2, 0.25) is 0 Å². The molecule has 0 aliphatic carbocycles. The number of rotatable bonds is 4. The molecule has 11 heavy (non-hydrogen) atoms. The van der Waals surface area contributed by atoms with Gasteiger partial charge >= 0.3 is 0 Å². The first-order valence-electron chi connectivity index (χ1n) is 2.93. The number of hydroxylamine groups is 1. The van der Waals surface area contributed by atoms with E-state index in [4.69, 9.17) is 10.9 Å². The predicted octanol–water partition coefficient (Wildman–Crippen LogP) is -0.00600. The Balaban J connectivity index is 0. The second kappa shape index (κ2) is 8.13. The van der Waals surface area contributed by atoms with E-state index in [1.54, 1.807) is 11.7 Å². The molecular weight excluding hydrogens is 188 g/mol. The summed E-state index contributed by atoms with van der Waals surface area (Å²) in [6.45, 7) is 0.457. The third-order valence-corrected chi connectivity index (χ3v) is 2.13. The lowest BCUT2D eigenvalue weighted by Gasteiger charge is -2.09. The minimum atomic E-state index is -0.377. The van der Waals surface area contributed by atoms with Gasteiger partial charge in [-0.3, -0.25) is 10.0 Å². The van der Waals surface area contributed by atoms with Crippen molar-refractivity contribution < 1.29 is 10.0 Å². The van der Waals surface area contributed by atoms with Crippen molar-refractivity contribution in [3.8, 4) is 0 Å². The Morgan fingerprint density at radius 2 is 2.36 bits per heavy atom. The molecule has 0 heterocycles. The smallest absolute Gasteiger partial charge is 0.256 e. The second-order valence-corrected chi connectivity index (χ2v) is 2.82. The molecule has 0 spiro atoms. The Labute approximate surface area is 76.3 Å². The molecule has 6 heteroatoms. The molecule has 4 N–H and O–H groups in total. The van der Waals surface area contributed by atoms with Gasteiger partial charge in [-0.05, 0) is 19.2 Å².